The van der Waals surface area contributed by atoms with E-state index >= 15 is 0 Å². The average molecular weight is 430 g/mol. The van der Waals surface area contributed by atoms with Gasteiger partial charge in [-0.2, -0.15) is 10.2 Å². The van der Waals surface area contributed by atoms with Gasteiger partial charge < -0.3 is 10.4 Å². The largest absolute Gasteiger partial charge is 0.395 e. The van der Waals surface area contributed by atoms with Gasteiger partial charge in [-0.05, 0) is 22.8 Å². The van der Waals surface area contributed by atoms with E-state index in [0.717, 1.165) is 21.3 Å². The lowest BCUT2D eigenvalue weighted by molar-refractivity contribution is 0.310. The van der Waals surface area contributed by atoms with Crippen molar-refractivity contribution in [1.82, 2.24) is 18.7 Å². The van der Waals surface area contributed by atoms with Crippen LogP contribution in [0.2, 0.25) is 0 Å². The van der Waals surface area contributed by atoms with Gasteiger partial charge in [-0.3, -0.25) is 18.5 Å². The maximum atomic E-state index is 12.9. The lowest BCUT2D eigenvalue weighted by Gasteiger charge is -2.11. The zero-order chi connectivity index (χ0) is 22.8. The van der Waals surface area contributed by atoms with Gasteiger partial charge in [0, 0.05) is 20.6 Å². The monoisotopic (exact) mass is 430 g/mol. The summed E-state index contributed by atoms with van der Waals surface area (Å²) < 4.78 is 4.10. The minimum absolute atomic E-state index is 0.104. The lowest BCUT2D eigenvalue weighted by Crippen LogP contribution is -2.37. The van der Waals surface area contributed by atoms with Gasteiger partial charge in [0.2, 0.25) is 5.95 Å². The molecule has 32 heavy (non-hydrogen) atoms. The molecule has 2 aromatic carbocycles. The van der Waals surface area contributed by atoms with E-state index in [2.05, 4.69) is 16.4 Å². The van der Waals surface area contributed by atoms with Gasteiger partial charge in [0.1, 0.15) is 0 Å². The highest BCUT2D eigenvalue weighted by molar-refractivity contribution is 5.75. The summed E-state index contributed by atoms with van der Waals surface area (Å²) in [6.07, 6.45) is 0. The standard InChI is InChI=1S/C23H22N6O3/c1-27-20-19(21(31)28(2)23(27)32)29(22(26-20)25-11-12-30)14-15-7-9-16(10-8-15)18-6-4-3-5-17(18)13-24/h3-10,30H,11-12,14H2,1-2H3,(H,25,26). The maximum Gasteiger partial charge on any atom is 0.332 e. The van der Waals surface area contributed by atoms with Crippen LogP contribution in [0, 0.1) is 11.3 Å². The molecule has 2 heterocycles. The van der Waals surface area contributed by atoms with Gasteiger partial charge in [-0.1, -0.05) is 42.5 Å². The Morgan fingerprint density at radius 1 is 1.06 bits per heavy atom. The van der Waals surface area contributed by atoms with E-state index in [0.29, 0.717) is 23.6 Å². The smallest absolute Gasteiger partial charge is 0.332 e. The number of anilines is 1. The number of hydrogen-bond donors (Lipinski definition) is 2. The fraction of sp³-hybridized carbons (Fsp3) is 0.217. The minimum atomic E-state index is -0.457. The second-order valence-electron chi connectivity index (χ2n) is 7.40. The summed E-state index contributed by atoms with van der Waals surface area (Å²) in [5.41, 5.74) is 2.95. The van der Waals surface area contributed by atoms with E-state index in [1.165, 1.54) is 11.6 Å². The summed E-state index contributed by atoms with van der Waals surface area (Å²) in [7, 11) is 3.00. The van der Waals surface area contributed by atoms with E-state index in [1.807, 2.05) is 42.5 Å². The molecule has 0 unspecified atom stereocenters. The topological polar surface area (TPSA) is 118 Å². The Balaban J connectivity index is 1.79. The summed E-state index contributed by atoms with van der Waals surface area (Å²) in [5, 5.41) is 21.6. The summed E-state index contributed by atoms with van der Waals surface area (Å²) in [6.45, 7) is 0.479. The Morgan fingerprint density at radius 3 is 2.47 bits per heavy atom. The van der Waals surface area contributed by atoms with Gasteiger partial charge in [0.05, 0.1) is 24.8 Å². The summed E-state index contributed by atoms with van der Waals surface area (Å²) in [6, 6.07) is 17.3. The quantitative estimate of drug-likeness (QED) is 0.478. The van der Waals surface area contributed by atoms with Crippen molar-refractivity contribution in [1.29, 1.82) is 5.26 Å². The zero-order valence-electron chi connectivity index (χ0n) is 17.7. The molecule has 0 aliphatic rings. The van der Waals surface area contributed by atoms with E-state index < -0.39 is 11.2 Å². The molecule has 4 aromatic rings. The molecule has 0 fully saturated rings. The number of aliphatic hydroxyl groups is 1. The number of fused-ring (bicyclic) bond motifs is 1. The molecular weight excluding hydrogens is 408 g/mol. The molecular formula is C23H22N6O3. The highest BCUT2D eigenvalue weighted by Gasteiger charge is 2.19. The van der Waals surface area contributed by atoms with Crippen molar-refractivity contribution in [3.05, 3.63) is 80.5 Å². The fourth-order valence-electron chi connectivity index (χ4n) is 3.71. The normalized spacial score (nSPS) is 10.9. The molecule has 0 aliphatic carbocycles. The molecule has 0 atom stereocenters. The third-order valence-corrected chi connectivity index (χ3v) is 5.40. The molecule has 0 amide bonds. The van der Waals surface area contributed by atoms with Crippen molar-refractivity contribution in [2.24, 2.45) is 14.1 Å². The number of nitriles is 1. The average Bonchev–Trinajstić information content (AvgIpc) is 3.18. The first kappa shape index (κ1) is 21.1. The Hall–Kier alpha value is -4.16. The minimum Gasteiger partial charge on any atom is -0.395 e. The fourth-order valence-corrected chi connectivity index (χ4v) is 3.71. The summed E-state index contributed by atoms with van der Waals surface area (Å²) in [5.74, 6) is 0.395. The molecule has 0 radical (unpaired) electrons. The Morgan fingerprint density at radius 2 is 1.78 bits per heavy atom. The molecule has 9 heteroatoms. The van der Waals surface area contributed by atoms with Crippen molar-refractivity contribution in [3.63, 3.8) is 0 Å². The second kappa shape index (κ2) is 8.53. The highest BCUT2D eigenvalue weighted by atomic mass is 16.3. The molecule has 0 bridgehead atoms. The van der Waals surface area contributed by atoms with Gasteiger partial charge in [-0.25, -0.2) is 4.79 Å². The number of nitrogens with zero attached hydrogens (tertiary/aromatic N) is 5. The van der Waals surface area contributed by atoms with Crippen LogP contribution >= 0.6 is 0 Å². The predicted molar refractivity (Wildman–Crippen MR) is 121 cm³/mol. The first-order valence-corrected chi connectivity index (χ1v) is 10.1. The first-order chi connectivity index (χ1) is 15.5. The van der Waals surface area contributed by atoms with Crippen LogP contribution in [0.25, 0.3) is 22.3 Å². The van der Waals surface area contributed by atoms with Crippen molar-refractivity contribution >= 4 is 17.1 Å². The number of aromatic nitrogens is 4. The van der Waals surface area contributed by atoms with E-state index in [9.17, 15) is 20.0 Å². The van der Waals surface area contributed by atoms with Crippen molar-refractivity contribution in [2.45, 2.75) is 6.54 Å². The van der Waals surface area contributed by atoms with Crippen molar-refractivity contribution in [3.8, 4) is 17.2 Å². The van der Waals surface area contributed by atoms with Crippen LogP contribution in [-0.2, 0) is 20.6 Å². The Kier molecular flexibility index (Phi) is 5.62. The molecule has 162 valence electrons. The third kappa shape index (κ3) is 3.57. The highest BCUT2D eigenvalue weighted by Crippen LogP contribution is 2.24. The predicted octanol–water partition coefficient (Wildman–Crippen LogP) is 1.42. The van der Waals surface area contributed by atoms with Gasteiger partial charge in [0.25, 0.3) is 5.56 Å². The molecule has 0 spiro atoms. The van der Waals surface area contributed by atoms with Crippen LogP contribution in [0.3, 0.4) is 0 Å². The van der Waals surface area contributed by atoms with Gasteiger partial charge in [-0.15, -0.1) is 0 Å². The first-order valence-electron chi connectivity index (χ1n) is 10.1. The number of nitrogens with one attached hydrogen (secondary N) is 1. The van der Waals surface area contributed by atoms with Crippen molar-refractivity contribution < 1.29 is 5.11 Å². The molecule has 2 N–H and O–H groups in total. The lowest BCUT2D eigenvalue weighted by atomic mass is 9.99. The van der Waals surface area contributed by atoms with Crippen molar-refractivity contribution in [2.75, 3.05) is 18.5 Å². The van der Waals surface area contributed by atoms with Crippen LogP contribution in [0.1, 0.15) is 11.1 Å². The molecule has 0 saturated carbocycles. The Labute approximate surface area is 183 Å². The summed E-state index contributed by atoms with van der Waals surface area (Å²) >= 11 is 0. The number of rotatable bonds is 6. The molecule has 0 aliphatic heterocycles. The molecule has 9 nitrogen and oxygen atoms in total. The third-order valence-electron chi connectivity index (χ3n) is 5.40. The second-order valence-corrected chi connectivity index (χ2v) is 7.40. The zero-order valence-corrected chi connectivity index (χ0v) is 17.7. The van der Waals surface area contributed by atoms with Gasteiger partial charge >= 0.3 is 5.69 Å². The maximum absolute atomic E-state index is 12.9. The van der Waals surface area contributed by atoms with Crippen LogP contribution in [0.4, 0.5) is 5.95 Å². The number of hydrogen-bond acceptors (Lipinski definition) is 6. The van der Waals surface area contributed by atoms with E-state index in [1.54, 1.807) is 17.7 Å². The number of benzene rings is 2. The SMILES string of the molecule is Cn1c(=O)c2c(nc(NCCO)n2Cc2ccc(-c3ccccc3C#N)cc2)n(C)c1=O. The van der Waals surface area contributed by atoms with E-state index in [4.69, 9.17) is 0 Å². The van der Waals surface area contributed by atoms with Crippen LogP contribution in [0.5, 0.6) is 0 Å². The van der Waals surface area contributed by atoms with Crippen LogP contribution < -0.4 is 16.6 Å². The van der Waals surface area contributed by atoms with E-state index in [-0.39, 0.29) is 18.8 Å². The molecule has 4 rings (SSSR count). The number of aliphatic hydroxyl groups excluding tert-OH is 1. The summed E-state index contributed by atoms with van der Waals surface area (Å²) in [4.78, 5) is 29.7. The van der Waals surface area contributed by atoms with Gasteiger partial charge in [0.15, 0.2) is 11.2 Å². The van der Waals surface area contributed by atoms with Crippen LogP contribution in [0.15, 0.2) is 58.1 Å². The molecule has 0 saturated heterocycles. The number of imidazole rings is 1. The Bertz CT molecular complexity index is 1450. The number of aryl methyl sites for hydroxylation is 1. The molecule has 2 aromatic heterocycles. The van der Waals surface area contributed by atoms with Crippen LogP contribution in [-0.4, -0.2) is 36.9 Å².